The third-order valence-electron chi connectivity index (χ3n) is 4.75. The van der Waals surface area contributed by atoms with Crippen molar-refractivity contribution in [3.63, 3.8) is 0 Å². The molecule has 156 valence electrons. The predicted octanol–water partition coefficient (Wildman–Crippen LogP) is 2.83. The number of nitrogens with one attached hydrogen (secondary N) is 1. The molecule has 1 N–H and O–H groups in total. The summed E-state index contributed by atoms with van der Waals surface area (Å²) in [5.74, 6) is 0.173. The van der Waals surface area contributed by atoms with Crippen LogP contribution in [-0.4, -0.2) is 52.9 Å². The van der Waals surface area contributed by atoms with E-state index in [1.807, 2.05) is 16.8 Å². The third kappa shape index (κ3) is 3.93. The van der Waals surface area contributed by atoms with Crippen molar-refractivity contribution in [2.75, 3.05) is 19.4 Å². The summed E-state index contributed by atoms with van der Waals surface area (Å²) in [7, 11) is -0.843. The van der Waals surface area contributed by atoms with E-state index in [1.54, 1.807) is 12.1 Å². The van der Waals surface area contributed by atoms with E-state index in [9.17, 15) is 13.2 Å². The molecule has 4 rings (SSSR count). The van der Waals surface area contributed by atoms with Gasteiger partial charge >= 0.3 is 0 Å². The molecule has 0 saturated heterocycles. The maximum Gasteiger partial charge on any atom is 0.257 e. The molecule has 3 aromatic rings. The van der Waals surface area contributed by atoms with Gasteiger partial charge in [0.05, 0.1) is 21.5 Å². The van der Waals surface area contributed by atoms with Gasteiger partial charge in [0.1, 0.15) is 0 Å². The number of sulfonamides is 1. The summed E-state index contributed by atoms with van der Waals surface area (Å²) < 4.78 is 27.6. The van der Waals surface area contributed by atoms with Gasteiger partial charge in [-0.05, 0) is 65.7 Å². The maximum absolute atomic E-state index is 12.7. The van der Waals surface area contributed by atoms with E-state index in [-0.39, 0.29) is 15.5 Å². The van der Waals surface area contributed by atoms with Gasteiger partial charge in [0.15, 0.2) is 5.82 Å². The van der Waals surface area contributed by atoms with Crippen molar-refractivity contribution >= 4 is 33.2 Å². The quantitative estimate of drug-likeness (QED) is 0.623. The molecule has 0 unspecified atom stereocenters. The first-order valence-corrected chi connectivity index (χ1v) is 11.0. The number of rotatable bonds is 6. The van der Waals surface area contributed by atoms with Crippen LogP contribution in [0.15, 0.2) is 47.4 Å². The first-order chi connectivity index (χ1) is 14.3. The molecule has 1 aliphatic rings. The molecular weight excluding hydrogens is 428 g/mol. The molecule has 1 aromatic heterocycles. The number of carbonyl (C=O) groups excluding carboxylic acids is 1. The minimum atomic E-state index is -3.69. The molecule has 0 bridgehead atoms. The Labute approximate surface area is 178 Å². The first-order valence-electron chi connectivity index (χ1n) is 9.19. The molecule has 0 radical (unpaired) electrons. The Morgan fingerprint density at radius 1 is 1.17 bits per heavy atom. The lowest BCUT2D eigenvalue weighted by Crippen LogP contribution is -2.23. The van der Waals surface area contributed by atoms with E-state index in [4.69, 9.17) is 11.6 Å². The van der Waals surface area contributed by atoms with Crippen LogP contribution in [0.25, 0.3) is 11.4 Å². The molecule has 9 nitrogen and oxygen atoms in total. The van der Waals surface area contributed by atoms with E-state index in [0.717, 1.165) is 22.7 Å². The molecule has 1 fully saturated rings. The summed E-state index contributed by atoms with van der Waals surface area (Å²) in [6.45, 7) is 0. The van der Waals surface area contributed by atoms with Crippen LogP contribution in [-0.2, 0) is 10.0 Å². The highest BCUT2D eigenvalue weighted by Gasteiger charge is 2.28. The monoisotopic (exact) mass is 446 g/mol. The highest BCUT2D eigenvalue weighted by molar-refractivity contribution is 7.89. The van der Waals surface area contributed by atoms with Crippen molar-refractivity contribution in [2.45, 2.75) is 23.8 Å². The van der Waals surface area contributed by atoms with E-state index in [1.165, 1.54) is 32.3 Å². The van der Waals surface area contributed by atoms with Crippen LogP contribution in [0.4, 0.5) is 5.69 Å². The van der Waals surface area contributed by atoms with Gasteiger partial charge in [-0.15, -0.1) is 5.10 Å². The predicted molar refractivity (Wildman–Crippen MR) is 112 cm³/mol. The molecule has 1 amide bonds. The number of anilines is 1. The normalized spacial score (nSPS) is 14.1. The number of benzene rings is 2. The number of halogens is 1. The molecule has 1 saturated carbocycles. The minimum Gasteiger partial charge on any atom is -0.322 e. The van der Waals surface area contributed by atoms with Crippen molar-refractivity contribution in [1.82, 2.24) is 24.5 Å². The number of amides is 1. The molecule has 0 spiro atoms. The van der Waals surface area contributed by atoms with Crippen LogP contribution in [0.1, 0.15) is 29.2 Å². The van der Waals surface area contributed by atoms with E-state index in [2.05, 4.69) is 20.8 Å². The number of tetrazole rings is 1. The molecule has 2 aromatic carbocycles. The molecule has 0 atom stereocenters. The summed E-state index contributed by atoms with van der Waals surface area (Å²) in [5, 5.41) is 14.8. The van der Waals surface area contributed by atoms with Crippen LogP contribution >= 0.6 is 11.6 Å². The topological polar surface area (TPSA) is 110 Å². The fourth-order valence-electron chi connectivity index (χ4n) is 2.90. The average Bonchev–Trinajstić information content (AvgIpc) is 3.45. The number of carbonyl (C=O) groups is 1. The summed E-state index contributed by atoms with van der Waals surface area (Å²) in [6, 6.07) is 11.5. The van der Waals surface area contributed by atoms with Gasteiger partial charge in [0.25, 0.3) is 5.91 Å². The van der Waals surface area contributed by atoms with Crippen molar-refractivity contribution in [3.8, 4) is 11.4 Å². The Morgan fingerprint density at radius 3 is 2.50 bits per heavy atom. The van der Waals surface area contributed by atoms with Crippen molar-refractivity contribution < 1.29 is 13.2 Å². The molecular formula is C19H19ClN6O3S. The highest BCUT2D eigenvalue weighted by atomic mass is 35.5. The lowest BCUT2D eigenvalue weighted by atomic mass is 10.1. The number of hydrogen-bond acceptors (Lipinski definition) is 6. The van der Waals surface area contributed by atoms with Gasteiger partial charge in [-0.25, -0.2) is 17.4 Å². The summed E-state index contributed by atoms with van der Waals surface area (Å²) in [6.07, 6.45) is 2.13. The standard InChI is InChI=1S/C19H19ClN6O3S/c1-25(2)30(28,29)15-9-10-17(20)16(11-15)19(27)21-13-5-3-12(4-6-13)18-22-23-24-26(18)14-7-8-14/h3-6,9-11,14H,7-8H2,1-2H3,(H,21,27). The lowest BCUT2D eigenvalue weighted by Gasteiger charge is -2.13. The van der Waals surface area contributed by atoms with Gasteiger partial charge in [-0.3, -0.25) is 4.79 Å². The van der Waals surface area contributed by atoms with Crippen molar-refractivity contribution in [2.24, 2.45) is 0 Å². The Morgan fingerprint density at radius 2 is 1.87 bits per heavy atom. The zero-order chi connectivity index (χ0) is 21.5. The van der Waals surface area contributed by atoms with E-state index < -0.39 is 15.9 Å². The zero-order valence-corrected chi connectivity index (χ0v) is 17.9. The van der Waals surface area contributed by atoms with Gasteiger partial charge < -0.3 is 5.32 Å². The number of nitrogens with zero attached hydrogens (tertiary/aromatic N) is 5. The smallest absolute Gasteiger partial charge is 0.257 e. The van der Waals surface area contributed by atoms with Crippen LogP contribution in [0.5, 0.6) is 0 Å². The largest absolute Gasteiger partial charge is 0.322 e. The fraction of sp³-hybridized carbons (Fsp3) is 0.263. The summed E-state index contributed by atoms with van der Waals surface area (Å²) >= 11 is 6.14. The van der Waals surface area contributed by atoms with Crippen LogP contribution in [0, 0.1) is 0 Å². The van der Waals surface area contributed by atoms with Gasteiger partial charge in [0.2, 0.25) is 10.0 Å². The second-order valence-electron chi connectivity index (χ2n) is 7.14. The third-order valence-corrected chi connectivity index (χ3v) is 6.89. The zero-order valence-electron chi connectivity index (χ0n) is 16.3. The number of hydrogen-bond donors (Lipinski definition) is 1. The van der Waals surface area contributed by atoms with Crippen LogP contribution in [0.2, 0.25) is 5.02 Å². The second-order valence-corrected chi connectivity index (χ2v) is 9.70. The first kappa shape index (κ1) is 20.5. The Hall–Kier alpha value is -2.82. The Bertz CT molecular complexity index is 1200. The van der Waals surface area contributed by atoms with E-state index in [0.29, 0.717) is 17.6 Å². The SMILES string of the molecule is CN(C)S(=O)(=O)c1ccc(Cl)c(C(=O)Nc2ccc(-c3nnnn3C3CC3)cc2)c1. The van der Waals surface area contributed by atoms with Crippen molar-refractivity contribution in [3.05, 3.63) is 53.1 Å². The average molecular weight is 447 g/mol. The molecule has 11 heteroatoms. The highest BCUT2D eigenvalue weighted by Crippen LogP contribution is 2.36. The lowest BCUT2D eigenvalue weighted by molar-refractivity contribution is 0.102. The van der Waals surface area contributed by atoms with Gasteiger partial charge in [-0.1, -0.05) is 11.6 Å². The molecule has 0 aliphatic heterocycles. The van der Waals surface area contributed by atoms with Crippen LogP contribution < -0.4 is 5.32 Å². The Kier molecular flexibility index (Phi) is 5.31. The number of aromatic nitrogens is 4. The van der Waals surface area contributed by atoms with E-state index >= 15 is 0 Å². The minimum absolute atomic E-state index is 0.00990. The van der Waals surface area contributed by atoms with Crippen LogP contribution in [0.3, 0.4) is 0 Å². The fourth-order valence-corrected chi connectivity index (χ4v) is 4.03. The molecule has 1 heterocycles. The molecule has 1 aliphatic carbocycles. The molecule has 30 heavy (non-hydrogen) atoms. The second kappa shape index (κ2) is 7.78. The van der Waals surface area contributed by atoms with Gasteiger partial charge in [-0.2, -0.15) is 0 Å². The summed E-state index contributed by atoms with van der Waals surface area (Å²) in [4.78, 5) is 12.7. The maximum atomic E-state index is 12.7. The Balaban J connectivity index is 1.55. The van der Waals surface area contributed by atoms with Crippen molar-refractivity contribution in [1.29, 1.82) is 0 Å². The van der Waals surface area contributed by atoms with Gasteiger partial charge in [0, 0.05) is 25.3 Å². The summed E-state index contributed by atoms with van der Waals surface area (Å²) in [5.41, 5.74) is 1.44.